The normalized spacial score (nSPS) is 12.3. The summed E-state index contributed by atoms with van der Waals surface area (Å²) in [5.41, 5.74) is 3.59. The van der Waals surface area contributed by atoms with E-state index in [0.717, 1.165) is 33.2 Å². The van der Waals surface area contributed by atoms with E-state index < -0.39 is 12.1 Å². The molecule has 1 heterocycles. The average molecular weight is 578 g/mol. The molecule has 0 fully saturated rings. The maximum Gasteiger partial charge on any atom is 0.346 e. The van der Waals surface area contributed by atoms with Crippen LogP contribution in [0.4, 0.5) is 0 Å². The fourth-order valence-electron chi connectivity index (χ4n) is 5.11. The quantitative estimate of drug-likeness (QED) is 0.140. The number of aryl methyl sites for hydroxylation is 1. The van der Waals surface area contributed by atoms with Gasteiger partial charge in [-0.2, -0.15) is 9.78 Å². The topological polar surface area (TPSA) is 92.0 Å². The molecule has 0 saturated heterocycles. The summed E-state index contributed by atoms with van der Waals surface area (Å²) in [6.45, 7) is 10.3. The Morgan fingerprint density at radius 1 is 0.977 bits per heavy atom. The molecule has 0 unspecified atom stereocenters. The summed E-state index contributed by atoms with van der Waals surface area (Å²) in [5, 5.41) is 7.00. The number of para-hydroxylation sites is 1. The van der Waals surface area contributed by atoms with Crippen LogP contribution >= 0.6 is 0 Å². The predicted molar refractivity (Wildman–Crippen MR) is 170 cm³/mol. The Hall–Kier alpha value is -4.98. The van der Waals surface area contributed by atoms with Gasteiger partial charge in [-0.3, -0.25) is 4.79 Å². The summed E-state index contributed by atoms with van der Waals surface area (Å²) in [4.78, 5) is 31.1. The molecule has 43 heavy (non-hydrogen) atoms. The van der Waals surface area contributed by atoms with Crippen molar-refractivity contribution in [3.8, 4) is 22.9 Å². The van der Waals surface area contributed by atoms with Crippen LogP contribution in [0, 0.1) is 6.92 Å². The van der Waals surface area contributed by atoms with Crippen LogP contribution < -0.4 is 15.0 Å². The predicted octanol–water partition coefficient (Wildman–Crippen LogP) is 6.87. The minimum Gasteiger partial charge on any atom is -0.494 e. The third kappa shape index (κ3) is 5.86. The van der Waals surface area contributed by atoms with E-state index in [1.54, 1.807) is 25.3 Å². The van der Waals surface area contributed by atoms with Gasteiger partial charge < -0.3 is 14.2 Å². The molecule has 5 aromatic rings. The summed E-state index contributed by atoms with van der Waals surface area (Å²) in [6.07, 6.45) is 0.746. The molecule has 0 radical (unpaired) electrons. The molecule has 0 N–H and O–H groups in total. The highest BCUT2D eigenvalue weighted by molar-refractivity contribution is 6.02. The van der Waals surface area contributed by atoms with Gasteiger partial charge in [0.05, 0.1) is 30.8 Å². The van der Waals surface area contributed by atoms with Gasteiger partial charge >= 0.3 is 5.97 Å². The summed E-state index contributed by atoms with van der Waals surface area (Å²) in [6, 6.07) is 22.8. The standard InChI is InChI=1S/C35H35N3O5/c1-7-42-32-18-22(4)28(19-27(32)21(2)3)33-37-30-15-11-10-14-26(30)34(39)38(33)36-20-29-25-13-9-8-12-24(25)16-17-31(29)43-23(5)35(40)41-6/h8-21,23H,7H2,1-6H3/t23-/m0/s1. The number of aromatic nitrogens is 2. The Morgan fingerprint density at radius 2 is 1.70 bits per heavy atom. The van der Waals surface area contributed by atoms with Gasteiger partial charge in [0.2, 0.25) is 0 Å². The van der Waals surface area contributed by atoms with E-state index in [-0.39, 0.29) is 11.5 Å². The first kappa shape index (κ1) is 29.5. The van der Waals surface area contributed by atoms with Crippen LogP contribution in [-0.2, 0) is 9.53 Å². The number of carbonyl (C=O) groups is 1. The lowest BCUT2D eigenvalue weighted by molar-refractivity contribution is -0.147. The van der Waals surface area contributed by atoms with E-state index in [2.05, 4.69) is 13.8 Å². The maximum atomic E-state index is 14.0. The van der Waals surface area contributed by atoms with E-state index in [9.17, 15) is 9.59 Å². The van der Waals surface area contributed by atoms with Gasteiger partial charge in [-0.1, -0.05) is 56.3 Å². The van der Waals surface area contributed by atoms with Gasteiger partial charge in [-0.25, -0.2) is 9.78 Å². The summed E-state index contributed by atoms with van der Waals surface area (Å²) in [5.74, 6) is 1.34. The Bertz CT molecular complexity index is 1910. The molecule has 1 atom stereocenters. The SMILES string of the molecule is CCOc1cc(C)c(-c2nc3ccccc3c(=O)n2N=Cc2c(O[C@@H](C)C(=O)OC)ccc3ccccc23)cc1C(C)C. The van der Waals surface area contributed by atoms with Crippen LogP contribution in [0.1, 0.15) is 50.3 Å². The van der Waals surface area contributed by atoms with Crippen molar-refractivity contribution in [2.24, 2.45) is 5.10 Å². The van der Waals surface area contributed by atoms with E-state index in [1.165, 1.54) is 11.8 Å². The Morgan fingerprint density at radius 3 is 2.42 bits per heavy atom. The Balaban J connectivity index is 1.75. The summed E-state index contributed by atoms with van der Waals surface area (Å²) in [7, 11) is 1.32. The van der Waals surface area contributed by atoms with Crippen LogP contribution in [0.15, 0.2) is 82.7 Å². The molecule has 0 saturated carbocycles. The molecular weight excluding hydrogens is 542 g/mol. The molecule has 0 aliphatic rings. The van der Waals surface area contributed by atoms with Crippen molar-refractivity contribution in [1.82, 2.24) is 9.66 Å². The largest absolute Gasteiger partial charge is 0.494 e. The first-order valence-corrected chi connectivity index (χ1v) is 14.3. The number of methoxy groups -OCH3 is 1. The average Bonchev–Trinajstić information content (AvgIpc) is 3.00. The first-order chi connectivity index (χ1) is 20.7. The Labute approximate surface area is 250 Å². The van der Waals surface area contributed by atoms with Crippen molar-refractivity contribution < 1.29 is 19.0 Å². The minimum atomic E-state index is -0.847. The molecule has 4 aromatic carbocycles. The highest BCUT2D eigenvalue weighted by atomic mass is 16.6. The van der Waals surface area contributed by atoms with Gasteiger partial charge in [-0.15, -0.1) is 0 Å². The molecular formula is C35H35N3O5. The van der Waals surface area contributed by atoms with E-state index in [1.807, 2.05) is 74.5 Å². The second-order valence-electron chi connectivity index (χ2n) is 10.6. The third-order valence-electron chi connectivity index (χ3n) is 7.34. The van der Waals surface area contributed by atoms with Crippen LogP contribution in [0.2, 0.25) is 0 Å². The number of carbonyl (C=O) groups excluding carboxylic acids is 1. The smallest absolute Gasteiger partial charge is 0.346 e. The van der Waals surface area contributed by atoms with Crippen molar-refractivity contribution in [3.05, 3.63) is 99.8 Å². The van der Waals surface area contributed by atoms with Crippen LogP contribution in [0.3, 0.4) is 0 Å². The molecule has 8 heteroatoms. The number of benzene rings is 4. The summed E-state index contributed by atoms with van der Waals surface area (Å²) < 4.78 is 18.2. The van der Waals surface area contributed by atoms with Gasteiger partial charge in [0.25, 0.3) is 5.56 Å². The van der Waals surface area contributed by atoms with Crippen molar-refractivity contribution in [2.75, 3.05) is 13.7 Å². The third-order valence-corrected chi connectivity index (χ3v) is 7.34. The number of esters is 1. The van der Waals surface area contributed by atoms with Crippen LogP contribution in [0.5, 0.6) is 11.5 Å². The molecule has 5 rings (SSSR count). The molecule has 220 valence electrons. The molecule has 8 nitrogen and oxygen atoms in total. The second kappa shape index (κ2) is 12.5. The van der Waals surface area contributed by atoms with E-state index >= 15 is 0 Å². The van der Waals surface area contributed by atoms with Crippen molar-refractivity contribution in [3.63, 3.8) is 0 Å². The zero-order valence-electron chi connectivity index (χ0n) is 25.3. The second-order valence-corrected chi connectivity index (χ2v) is 10.6. The number of nitrogens with zero attached hydrogens (tertiary/aromatic N) is 3. The zero-order chi connectivity index (χ0) is 30.7. The number of hydrogen-bond donors (Lipinski definition) is 0. The van der Waals surface area contributed by atoms with Crippen molar-refractivity contribution >= 4 is 33.9 Å². The molecule has 0 aliphatic carbocycles. The van der Waals surface area contributed by atoms with E-state index in [4.69, 9.17) is 24.3 Å². The van der Waals surface area contributed by atoms with E-state index in [0.29, 0.717) is 34.6 Å². The molecule has 0 bridgehead atoms. The maximum absolute atomic E-state index is 14.0. The number of rotatable bonds is 9. The van der Waals surface area contributed by atoms with Crippen LogP contribution in [0.25, 0.3) is 33.1 Å². The highest BCUT2D eigenvalue weighted by Crippen LogP contribution is 2.34. The lowest BCUT2D eigenvalue weighted by Gasteiger charge is -2.18. The monoisotopic (exact) mass is 577 g/mol. The first-order valence-electron chi connectivity index (χ1n) is 14.3. The number of ether oxygens (including phenoxy) is 3. The number of fused-ring (bicyclic) bond motifs is 2. The molecule has 1 aromatic heterocycles. The Kier molecular flexibility index (Phi) is 8.57. The summed E-state index contributed by atoms with van der Waals surface area (Å²) >= 11 is 0. The lowest BCUT2D eigenvalue weighted by Crippen LogP contribution is -2.25. The van der Waals surface area contributed by atoms with Gasteiger partial charge in [-0.05, 0) is 78.9 Å². The van der Waals surface area contributed by atoms with Gasteiger partial charge in [0, 0.05) is 11.1 Å². The minimum absolute atomic E-state index is 0.178. The van der Waals surface area contributed by atoms with Crippen molar-refractivity contribution in [1.29, 1.82) is 0 Å². The fraction of sp³-hybridized carbons (Fsp3) is 0.257. The highest BCUT2D eigenvalue weighted by Gasteiger charge is 2.20. The number of hydrogen-bond acceptors (Lipinski definition) is 7. The van der Waals surface area contributed by atoms with Gasteiger partial charge in [0.15, 0.2) is 11.9 Å². The lowest BCUT2D eigenvalue weighted by atomic mass is 9.96. The fourth-order valence-corrected chi connectivity index (χ4v) is 5.11. The zero-order valence-corrected chi connectivity index (χ0v) is 25.3. The molecule has 0 aliphatic heterocycles. The van der Waals surface area contributed by atoms with Gasteiger partial charge in [0.1, 0.15) is 11.5 Å². The molecule has 0 spiro atoms. The molecule has 0 amide bonds. The van der Waals surface area contributed by atoms with Crippen molar-refractivity contribution in [2.45, 2.75) is 46.6 Å². The van der Waals surface area contributed by atoms with Crippen LogP contribution in [-0.4, -0.2) is 41.7 Å².